The van der Waals surface area contributed by atoms with Crippen molar-refractivity contribution >= 4 is 5.91 Å². The van der Waals surface area contributed by atoms with Crippen LogP contribution in [0.3, 0.4) is 0 Å². The largest absolute Gasteiger partial charge is 0.380 e. The molecule has 4 heteroatoms. The Morgan fingerprint density at radius 1 is 1.13 bits per heavy atom. The molecule has 2 saturated heterocycles. The number of hydrogen-bond acceptors (Lipinski definition) is 3. The van der Waals surface area contributed by atoms with E-state index in [1.807, 2.05) is 6.07 Å². The summed E-state index contributed by atoms with van der Waals surface area (Å²) in [4.78, 5) is 17.0. The van der Waals surface area contributed by atoms with Crippen LogP contribution in [0.2, 0.25) is 0 Å². The molecule has 1 unspecified atom stereocenters. The molecule has 1 aromatic rings. The van der Waals surface area contributed by atoms with Gasteiger partial charge in [-0.25, -0.2) is 0 Å². The highest BCUT2D eigenvalue weighted by atomic mass is 16.5. The number of benzene rings is 1. The highest BCUT2D eigenvalue weighted by Gasteiger charge is 2.26. The summed E-state index contributed by atoms with van der Waals surface area (Å²) >= 11 is 0. The molecule has 2 aliphatic heterocycles. The van der Waals surface area contributed by atoms with E-state index in [0.717, 1.165) is 65.1 Å². The van der Waals surface area contributed by atoms with E-state index in [1.54, 1.807) is 0 Å². The second-order valence-corrected chi connectivity index (χ2v) is 6.63. The van der Waals surface area contributed by atoms with Gasteiger partial charge in [-0.1, -0.05) is 30.3 Å². The van der Waals surface area contributed by atoms with E-state index >= 15 is 0 Å². The van der Waals surface area contributed by atoms with Crippen LogP contribution in [0, 0.1) is 0 Å². The highest BCUT2D eigenvalue weighted by molar-refractivity contribution is 5.76. The predicted molar refractivity (Wildman–Crippen MR) is 91.4 cm³/mol. The number of carbonyl (C=O) groups is 1. The molecule has 0 radical (unpaired) electrons. The smallest absolute Gasteiger partial charge is 0.222 e. The molecule has 0 bridgehead atoms. The minimum absolute atomic E-state index is 0.324. The Morgan fingerprint density at radius 3 is 2.78 bits per heavy atom. The number of rotatable bonds is 5. The molecule has 0 aromatic heterocycles. The zero-order chi connectivity index (χ0) is 15.9. The summed E-state index contributed by atoms with van der Waals surface area (Å²) in [5, 5.41) is 0. The molecule has 0 aliphatic carbocycles. The third kappa shape index (κ3) is 4.79. The summed E-state index contributed by atoms with van der Waals surface area (Å²) in [6.07, 6.45) is 4.83. The molecule has 0 N–H and O–H groups in total. The van der Waals surface area contributed by atoms with Gasteiger partial charge in [0.15, 0.2) is 0 Å². The first kappa shape index (κ1) is 16.5. The van der Waals surface area contributed by atoms with E-state index in [2.05, 4.69) is 34.1 Å². The van der Waals surface area contributed by atoms with Crippen molar-refractivity contribution in [2.75, 3.05) is 39.4 Å². The van der Waals surface area contributed by atoms with Crippen LogP contribution in [0.5, 0.6) is 0 Å². The zero-order valence-corrected chi connectivity index (χ0v) is 14.0. The molecule has 1 atom stereocenters. The molecule has 23 heavy (non-hydrogen) atoms. The summed E-state index contributed by atoms with van der Waals surface area (Å²) in [7, 11) is 0. The number of nitrogens with zero attached hydrogens (tertiary/aromatic N) is 2. The Kier molecular flexibility index (Phi) is 6.06. The van der Waals surface area contributed by atoms with Crippen molar-refractivity contribution in [2.24, 2.45) is 0 Å². The fourth-order valence-electron chi connectivity index (χ4n) is 3.61. The van der Waals surface area contributed by atoms with Crippen molar-refractivity contribution in [3.63, 3.8) is 0 Å². The van der Waals surface area contributed by atoms with Gasteiger partial charge in [0.25, 0.3) is 0 Å². The van der Waals surface area contributed by atoms with Gasteiger partial charge in [-0.05, 0) is 31.2 Å². The second-order valence-electron chi connectivity index (χ2n) is 6.63. The van der Waals surface area contributed by atoms with Gasteiger partial charge in [0.05, 0.1) is 6.61 Å². The third-order valence-electron chi connectivity index (χ3n) is 5.00. The Labute approximate surface area is 139 Å². The van der Waals surface area contributed by atoms with Gasteiger partial charge < -0.3 is 9.64 Å². The molecule has 3 rings (SSSR count). The first-order chi connectivity index (χ1) is 11.3. The fourth-order valence-corrected chi connectivity index (χ4v) is 3.61. The van der Waals surface area contributed by atoms with Gasteiger partial charge >= 0.3 is 0 Å². The van der Waals surface area contributed by atoms with E-state index in [-0.39, 0.29) is 0 Å². The van der Waals surface area contributed by atoms with Crippen LogP contribution >= 0.6 is 0 Å². The van der Waals surface area contributed by atoms with E-state index in [9.17, 15) is 4.79 Å². The summed E-state index contributed by atoms with van der Waals surface area (Å²) in [6.45, 7) is 5.64. The Morgan fingerprint density at radius 2 is 2.00 bits per heavy atom. The molecule has 2 fully saturated rings. The molecular formula is C19H28N2O2. The maximum Gasteiger partial charge on any atom is 0.222 e. The van der Waals surface area contributed by atoms with Crippen LogP contribution < -0.4 is 0 Å². The Bertz CT molecular complexity index is 485. The van der Waals surface area contributed by atoms with Crippen molar-refractivity contribution in [2.45, 2.75) is 38.1 Å². The van der Waals surface area contributed by atoms with Gasteiger partial charge in [0.2, 0.25) is 5.91 Å². The maximum atomic E-state index is 12.5. The number of amides is 1. The molecule has 2 aliphatic rings. The summed E-state index contributed by atoms with van der Waals surface area (Å²) in [5.41, 5.74) is 1.32. The standard InChI is InChI=1S/C19H28N2O2/c22-19(9-4-8-17-6-2-1-3-7-17)21-12-5-11-20(13-14-21)18-10-15-23-16-18/h1-3,6-7,18H,4-5,8-16H2. The van der Waals surface area contributed by atoms with Gasteiger partial charge in [-0.15, -0.1) is 0 Å². The van der Waals surface area contributed by atoms with E-state index in [4.69, 9.17) is 4.74 Å². The quantitative estimate of drug-likeness (QED) is 0.836. The topological polar surface area (TPSA) is 32.8 Å². The molecule has 1 aromatic carbocycles. The SMILES string of the molecule is O=C(CCCc1ccccc1)N1CCCN(C2CCOC2)CC1. The average molecular weight is 316 g/mol. The van der Waals surface area contributed by atoms with Crippen LogP contribution in [-0.4, -0.2) is 61.1 Å². The Hall–Kier alpha value is -1.39. The van der Waals surface area contributed by atoms with Gasteiger partial charge in [-0.3, -0.25) is 9.69 Å². The highest BCUT2D eigenvalue weighted by Crippen LogP contribution is 2.16. The van der Waals surface area contributed by atoms with Crippen molar-refractivity contribution in [3.05, 3.63) is 35.9 Å². The Balaban J connectivity index is 1.41. The second kappa shape index (κ2) is 8.46. The molecule has 1 amide bonds. The van der Waals surface area contributed by atoms with E-state index in [0.29, 0.717) is 18.4 Å². The van der Waals surface area contributed by atoms with Crippen molar-refractivity contribution in [3.8, 4) is 0 Å². The van der Waals surface area contributed by atoms with Crippen LogP contribution in [0.1, 0.15) is 31.2 Å². The van der Waals surface area contributed by atoms with Gasteiger partial charge in [-0.2, -0.15) is 0 Å². The lowest BCUT2D eigenvalue weighted by molar-refractivity contribution is -0.131. The summed E-state index contributed by atoms with van der Waals surface area (Å²) in [6, 6.07) is 11.0. The molecule has 0 saturated carbocycles. The number of ether oxygens (including phenoxy) is 1. The van der Waals surface area contributed by atoms with Gasteiger partial charge in [0, 0.05) is 45.2 Å². The summed E-state index contributed by atoms with van der Waals surface area (Å²) in [5.74, 6) is 0.324. The minimum atomic E-state index is 0.324. The monoisotopic (exact) mass is 316 g/mol. The van der Waals surface area contributed by atoms with Crippen molar-refractivity contribution in [1.82, 2.24) is 9.80 Å². The lowest BCUT2D eigenvalue weighted by atomic mass is 10.1. The van der Waals surface area contributed by atoms with Crippen molar-refractivity contribution < 1.29 is 9.53 Å². The first-order valence-corrected chi connectivity index (χ1v) is 8.96. The minimum Gasteiger partial charge on any atom is -0.380 e. The number of carbonyl (C=O) groups excluding carboxylic acids is 1. The normalized spacial score (nSPS) is 23.0. The van der Waals surface area contributed by atoms with E-state index in [1.165, 1.54) is 5.56 Å². The lowest BCUT2D eigenvalue weighted by Crippen LogP contribution is -2.39. The zero-order valence-electron chi connectivity index (χ0n) is 14.0. The third-order valence-corrected chi connectivity index (χ3v) is 5.00. The number of hydrogen-bond donors (Lipinski definition) is 0. The van der Waals surface area contributed by atoms with Crippen LogP contribution in [0.4, 0.5) is 0 Å². The van der Waals surface area contributed by atoms with Crippen LogP contribution in [-0.2, 0) is 16.0 Å². The fraction of sp³-hybridized carbons (Fsp3) is 0.632. The predicted octanol–water partition coefficient (Wildman–Crippen LogP) is 2.33. The lowest BCUT2D eigenvalue weighted by Gasteiger charge is -2.26. The van der Waals surface area contributed by atoms with Crippen LogP contribution in [0.25, 0.3) is 0 Å². The van der Waals surface area contributed by atoms with E-state index < -0.39 is 0 Å². The molecular weight excluding hydrogens is 288 g/mol. The summed E-state index contributed by atoms with van der Waals surface area (Å²) < 4.78 is 5.50. The molecule has 2 heterocycles. The van der Waals surface area contributed by atoms with Crippen molar-refractivity contribution in [1.29, 1.82) is 0 Å². The molecule has 0 spiro atoms. The molecule has 126 valence electrons. The number of aryl methyl sites for hydroxylation is 1. The average Bonchev–Trinajstić information content (AvgIpc) is 3.00. The molecule has 4 nitrogen and oxygen atoms in total. The van der Waals surface area contributed by atoms with Gasteiger partial charge in [0.1, 0.15) is 0 Å². The van der Waals surface area contributed by atoms with Crippen LogP contribution in [0.15, 0.2) is 30.3 Å². The first-order valence-electron chi connectivity index (χ1n) is 8.96. The maximum absolute atomic E-state index is 12.5.